The zero-order valence-corrected chi connectivity index (χ0v) is 91.4. The second-order valence-electron chi connectivity index (χ2n) is 36.5. The number of halogens is 16. The van der Waals surface area contributed by atoms with E-state index in [1.54, 1.807) is 98.7 Å². The minimum Gasteiger partial charge on any atom is -0.207 e. The minimum absolute atomic E-state index is 0.0885. The van der Waals surface area contributed by atoms with Gasteiger partial charge in [0.1, 0.15) is 87.3 Å². The van der Waals surface area contributed by atoms with Gasteiger partial charge in [-0.25, -0.2) is 65.9 Å². The van der Waals surface area contributed by atoms with Crippen LogP contribution in [-0.2, 0) is 0 Å². The number of benzene rings is 16. The first kappa shape index (κ1) is 130. The molecule has 0 amide bonds. The summed E-state index contributed by atoms with van der Waals surface area (Å²) in [7, 11) is 0. The van der Waals surface area contributed by atoms with E-state index >= 15 is 0 Å². The fourth-order valence-corrected chi connectivity index (χ4v) is 11.8. The Bertz CT molecular complexity index is 5380. The Morgan fingerprint density at radius 1 is 0.103 bits per heavy atom. The molecule has 0 aliphatic carbocycles. The van der Waals surface area contributed by atoms with Crippen molar-refractivity contribution >= 4 is 11.6 Å². The van der Waals surface area contributed by atoms with Gasteiger partial charge in [0.25, 0.3) is 0 Å². The molecule has 0 aliphatic heterocycles. The Kier molecular flexibility index (Phi) is 60.3. The van der Waals surface area contributed by atoms with Gasteiger partial charge in [-0.3, -0.25) is 0 Å². The molecule has 0 spiro atoms. The van der Waals surface area contributed by atoms with Crippen molar-refractivity contribution in [2.75, 3.05) is 0 Å². The summed E-state index contributed by atoms with van der Waals surface area (Å²) in [6.45, 7) is 61.4. The van der Waals surface area contributed by atoms with Crippen LogP contribution >= 0.6 is 11.6 Å². The molecular weight excluding hydrogens is 1870 g/mol. The molecule has 145 heavy (non-hydrogen) atoms. The van der Waals surface area contributed by atoms with Gasteiger partial charge in [0.15, 0.2) is 0 Å². The van der Waals surface area contributed by atoms with Crippen LogP contribution < -0.4 is 0 Å². The van der Waals surface area contributed by atoms with Crippen molar-refractivity contribution in [2.45, 2.75) is 228 Å². The summed E-state index contributed by atoms with van der Waals surface area (Å²) in [6, 6.07) is 85.6. The van der Waals surface area contributed by atoms with E-state index in [1.807, 2.05) is 58.9 Å². The van der Waals surface area contributed by atoms with Gasteiger partial charge in [-0.05, 0) is 420 Å². The van der Waals surface area contributed by atoms with Gasteiger partial charge in [-0.15, -0.1) is 0 Å². The Morgan fingerprint density at radius 3 is 0.331 bits per heavy atom. The first-order chi connectivity index (χ1) is 67.6. The van der Waals surface area contributed by atoms with Crippen LogP contribution in [0.2, 0.25) is 5.02 Å². The zero-order chi connectivity index (χ0) is 111. The molecule has 0 N–H and O–H groups in total. The third-order valence-corrected chi connectivity index (χ3v) is 22.0. The van der Waals surface area contributed by atoms with Gasteiger partial charge in [0.2, 0.25) is 0 Å². The Labute approximate surface area is 861 Å². The lowest BCUT2D eigenvalue weighted by Gasteiger charge is -2.04. The highest BCUT2D eigenvalue weighted by Crippen LogP contribution is 2.22. The van der Waals surface area contributed by atoms with Crippen molar-refractivity contribution in [3.63, 3.8) is 0 Å². The molecule has 0 fully saturated rings. The van der Waals surface area contributed by atoms with Crippen LogP contribution in [0.1, 0.15) is 184 Å². The minimum atomic E-state index is -0.475. The third kappa shape index (κ3) is 55.4. The van der Waals surface area contributed by atoms with E-state index in [0.29, 0.717) is 50.1 Å². The van der Waals surface area contributed by atoms with Crippen LogP contribution in [0, 0.1) is 316 Å². The Hall–Kier alpha value is -13.2. The van der Waals surface area contributed by atoms with Gasteiger partial charge < -0.3 is 0 Å². The van der Waals surface area contributed by atoms with Crippen LogP contribution in [0.25, 0.3) is 0 Å². The molecule has 0 unspecified atom stereocenters. The van der Waals surface area contributed by atoms with Gasteiger partial charge >= 0.3 is 0 Å². The van der Waals surface area contributed by atoms with Crippen LogP contribution in [-0.4, -0.2) is 0 Å². The zero-order valence-electron chi connectivity index (χ0n) is 90.7. The van der Waals surface area contributed by atoms with E-state index < -0.39 is 58.2 Å². The lowest BCUT2D eigenvalue weighted by molar-refractivity contribution is 0.565. The topological polar surface area (TPSA) is 0 Å². The fraction of sp³-hybridized carbons (Fsp3) is 0.256. The lowest BCUT2D eigenvalue weighted by Crippen LogP contribution is -1.89. The number of hydrogen-bond acceptors (Lipinski definition) is 0. The maximum absolute atomic E-state index is 12.6. The van der Waals surface area contributed by atoms with E-state index in [4.69, 9.17) is 11.6 Å². The van der Waals surface area contributed by atoms with Crippen molar-refractivity contribution in [2.24, 2.45) is 0 Å². The highest BCUT2D eigenvalue weighted by molar-refractivity contribution is 6.30. The quantitative estimate of drug-likeness (QED) is 0.133. The highest BCUT2D eigenvalue weighted by Gasteiger charge is 2.09. The average molecular weight is 2020 g/mol. The smallest absolute Gasteiger partial charge is 0.142 e. The van der Waals surface area contributed by atoms with Gasteiger partial charge in [0.05, 0.1) is 5.02 Å². The summed E-state index contributed by atoms with van der Waals surface area (Å²) < 4.78 is 189. The van der Waals surface area contributed by atoms with Crippen LogP contribution in [0.4, 0.5) is 65.9 Å². The molecule has 0 heterocycles. The maximum atomic E-state index is 12.6. The molecule has 0 saturated carbocycles. The third-order valence-electron chi connectivity index (χ3n) is 21.7. The second-order valence-corrected chi connectivity index (χ2v) is 36.9. The van der Waals surface area contributed by atoms with Gasteiger partial charge in [0, 0.05) is 27.8 Å². The van der Waals surface area contributed by atoms with Crippen LogP contribution in [0.15, 0.2) is 285 Å². The van der Waals surface area contributed by atoms with E-state index in [0.717, 1.165) is 27.8 Å². The molecule has 0 atom stereocenters. The van der Waals surface area contributed by atoms with E-state index in [-0.39, 0.29) is 61.9 Å². The molecule has 774 valence electrons. The summed E-state index contributed by atoms with van der Waals surface area (Å²) in [5.74, 6) is -5.56. The predicted octanol–water partition coefficient (Wildman–Crippen LogP) is 39.9. The summed E-state index contributed by atoms with van der Waals surface area (Å²) in [4.78, 5) is 0. The molecule has 0 radical (unpaired) electrons. The normalized spacial score (nSPS) is 9.69. The highest BCUT2D eigenvalue weighted by atomic mass is 35.5. The number of rotatable bonds is 0. The molecule has 0 bridgehead atoms. The maximum Gasteiger partial charge on any atom is 0.142 e. The molecule has 16 aromatic rings. The van der Waals surface area contributed by atoms with Crippen molar-refractivity contribution < 1.29 is 65.9 Å². The molecule has 16 aromatic carbocycles. The van der Waals surface area contributed by atoms with Crippen molar-refractivity contribution in [3.8, 4) is 0 Å². The lowest BCUT2D eigenvalue weighted by atomic mass is 10.0. The monoisotopic (exact) mass is 2020 g/mol. The standard InChI is InChI=1S/C10H14.5C8H8F2.4C8H9F.5C8H10.C7H6ClF/c1-7-5-8(2)10(4)9(3)6-7;5*1-5-3-7(9)6(2)8(10)4-5;4*1-6-3-4-7(2)8(9)5-6;5*1-7-3-5-8(2)6-4-7;1-5-2-3-6(8)7(9)4-5/h5-6H,1-4H3;5*3-4H,1-2H3;4*3-5H,1-2H3;5*3-6H,1-2H3;2-4H,1H3. The average Bonchev–Trinajstić information content (AvgIpc) is 0.880. The molecule has 0 aromatic heterocycles. The first-order valence-electron chi connectivity index (χ1n) is 47.2. The van der Waals surface area contributed by atoms with E-state index in [9.17, 15) is 65.9 Å². The number of hydrogen-bond donors (Lipinski definition) is 0. The summed E-state index contributed by atoms with van der Waals surface area (Å²) in [5, 5.41) is 0.181. The fourth-order valence-electron chi connectivity index (χ4n) is 11.7. The summed E-state index contributed by atoms with van der Waals surface area (Å²) in [5.41, 5.74) is 30.0. The summed E-state index contributed by atoms with van der Waals surface area (Å²) >= 11 is 5.41. The molecule has 0 saturated heterocycles. The predicted molar refractivity (Wildman–Crippen MR) is 584 cm³/mol. The summed E-state index contributed by atoms with van der Waals surface area (Å²) in [6.07, 6.45) is 0. The van der Waals surface area contributed by atoms with Crippen molar-refractivity contribution in [3.05, 3.63) is 561 Å². The molecule has 0 aliphatic rings. The Balaban J connectivity index is 0.000000774. The van der Waals surface area contributed by atoms with E-state index in [2.05, 4.69) is 230 Å². The molecule has 0 nitrogen and oxygen atoms in total. The SMILES string of the molecule is Cc1cc(C)c(C)c(C)c1.Cc1cc(F)c(C)c(F)c1.Cc1cc(F)c(C)c(F)c1.Cc1cc(F)c(C)c(F)c1.Cc1cc(F)c(C)c(F)c1.Cc1cc(F)c(C)c(F)c1.Cc1ccc(C)c(F)c1.Cc1ccc(C)c(F)c1.Cc1ccc(C)c(F)c1.Cc1ccc(C)c(F)c1.Cc1ccc(C)cc1.Cc1ccc(C)cc1.Cc1ccc(C)cc1.Cc1ccc(C)cc1.Cc1ccc(C)cc1.Cc1ccc(Cl)c(F)c1. The van der Waals surface area contributed by atoms with Crippen LogP contribution in [0.5, 0.6) is 0 Å². The van der Waals surface area contributed by atoms with Crippen LogP contribution in [0.3, 0.4) is 0 Å². The van der Waals surface area contributed by atoms with Crippen molar-refractivity contribution in [1.82, 2.24) is 0 Å². The molecular formula is C129H146ClF15. The first-order valence-corrected chi connectivity index (χ1v) is 47.6. The van der Waals surface area contributed by atoms with E-state index in [1.165, 1.54) is 204 Å². The largest absolute Gasteiger partial charge is 0.207 e. The Morgan fingerprint density at radius 2 is 0.214 bits per heavy atom. The number of aryl methyl sites for hydroxylation is 27. The molecule has 16 rings (SSSR count). The molecule has 16 heteroatoms. The van der Waals surface area contributed by atoms with Gasteiger partial charge in [-0.2, -0.15) is 0 Å². The van der Waals surface area contributed by atoms with Gasteiger partial charge in [-0.1, -0.05) is 261 Å². The second kappa shape index (κ2) is 67.4. The van der Waals surface area contributed by atoms with Crippen molar-refractivity contribution in [1.29, 1.82) is 0 Å².